The van der Waals surface area contributed by atoms with Crippen molar-refractivity contribution in [3.8, 4) is 0 Å². The first-order chi connectivity index (χ1) is 11.9. The van der Waals surface area contributed by atoms with Gasteiger partial charge in [0.25, 0.3) is 5.91 Å². The van der Waals surface area contributed by atoms with Crippen LogP contribution in [-0.2, 0) is 4.79 Å². The van der Waals surface area contributed by atoms with E-state index in [0.717, 1.165) is 11.3 Å². The van der Waals surface area contributed by atoms with Crippen LogP contribution in [0.2, 0.25) is 0 Å². The van der Waals surface area contributed by atoms with Crippen LogP contribution in [0.3, 0.4) is 0 Å². The molecule has 0 aromatic carbocycles. The Morgan fingerprint density at radius 1 is 1.16 bits per heavy atom. The summed E-state index contributed by atoms with van der Waals surface area (Å²) in [6, 6.07) is 1.68. The van der Waals surface area contributed by atoms with Crippen molar-refractivity contribution in [3.63, 3.8) is 0 Å². The molecule has 2 aromatic heterocycles. The Labute approximate surface area is 146 Å². The van der Waals surface area contributed by atoms with Gasteiger partial charge in [-0.05, 0) is 40.5 Å². The number of likely N-dealkylation sites (tertiary alicyclic amines) is 1. The average Bonchev–Trinajstić information content (AvgIpc) is 3.10. The highest BCUT2D eigenvalue weighted by Gasteiger charge is 2.30. The third kappa shape index (κ3) is 3.45. The minimum atomic E-state index is -0.130. The Bertz CT molecular complexity index is 797. The van der Waals surface area contributed by atoms with Crippen molar-refractivity contribution in [1.29, 1.82) is 0 Å². The number of carbonyl (C=O) groups is 2. The molecule has 0 unspecified atom stereocenters. The van der Waals surface area contributed by atoms with E-state index in [4.69, 9.17) is 8.94 Å². The van der Waals surface area contributed by atoms with Gasteiger partial charge in [-0.25, -0.2) is 0 Å². The minimum Gasteiger partial charge on any atom is -0.466 e. The third-order valence-electron chi connectivity index (χ3n) is 4.81. The highest BCUT2D eigenvalue weighted by Crippen LogP contribution is 2.26. The van der Waals surface area contributed by atoms with Crippen molar-refractivity contribution >= 4 is 17.6 Å². The zero-order valence-corrected chi connectivity index (χ0v) is 15.0. The quantitative estimate of drug-likeness (QED) is 0.924. The lowest BCUT2D eigenvalue weighted by Crippen LogP contribution is -2.41. The van der Waals surface area contributed by atoms with Gasteiger partial charge < -0.3 is 19.2 Å². The highest BCUT2D eigenvalue weighted by molar-refractivity contribution is 5.97. The number of carbonyl (C=O) groups excluding carboxylic acids is 2. The number of nitrogens with zero attached hydrogens (tertiary/aromatic N) is 2. The Hall–Kier alpha value is -2.57. The maximum absolute atomic E-state index is 12.8. The summed E-state index contributed by atoms with van der Waals surface area (Å²) in [5.74, 6) is 2.29. The van der Waals surface area contributed by atoms with E-state index in [0.29, 0.717) is 48.8 Å². The van der Waals surface area contributed by atoms with Crippen molar-refractivity contribution in [1.82, 2.24) is 10.1 Å². The molecule has 1 saturated heterocycles. The Balaban J connectivity index is 1.59. The molecule has 0 aliphatic carbocycles. The second-order valence-corrected chi connectivity index (χ2v) is 6.59. The number of nitrogens with one attached hydrogen (secondary N) is 1. The lowest BCUT2D eigenvalue weighted by molar-refractivity contribution is -0.121. The van der Waals surface area contributed by atoms with E-state index < -0.39 is 0 Å². The zero-order valence-electron chi connectivity index (χ0n) is 15.0. The van der Waals surface area contributed by atoms with Crippen LogP contribution in [0, 0.1) is 33.6 Å². The van der Waals surface area contributed by atoms with Crippen molar-refractivity contribution in [2.24, 2.45) is 5.92 Å². The summed E-state index contributed by atoms with van der Waals surface area (Å²) in [4.78, 5) is 26.9. The number of rotatable bonds is 3. The standard InChI is InChI=1S/C18H23N3O4/c1-10-9-15(20-25-10)19-17(22)14-5-7-21(8-6-14)18(23)16-11(2)12(3)24-13(16)4/h9,14H,5-8H2,1-4H3,(H,19,20,22). The van der Waals surface area contributed by atoms with Crippen LogP contribution < -0.4 is 5.32 Å². The second-order valence-electron chi connectivity index (χ2n) is 6.59. The van der Waals surface area contributed by atoms with Crippen molar-refractivity contribution in [3.05, 3.63) is 34.5 Å². The number of furan rings is 1. The topological polar surface area (TPSA) is 88.6 Å². The largest absolute Gasteiger partial charge is 0.466 e. The average molecular weight is 345 g/mol. The van der Waals surface area contributed by atoms with Gasteiger partial charge in [0.05, 0.1) is 5.56 Å². The van der Waals surface area contributed by atoms with Gasteiger partial charge in [-0.2, -0.15) is 0 Å². The van der Waals surface area contributed by atoms with Crippen LogP contribution in [0.4, 0.5) is 5.82 Å². The van der Waals surface area contributed by atoms with E-state index in [1.54, 1.807) is 17.9 Å². The van der Waals surface area contributed by atoms with E-state index in [1.807, 2.05) is 20.8 Å². The molecule has 0 spiro atoms. The van der Waals surface area contributed by atoms with Crippen LogP contribution in [0.5, 0.6) is 0 Å². The van der Waals surface area contributed by atoms with Crippen molar-refractivity contribution in [2.45, 2.75) is 40.5 Å². The Morgan fingerprint density at radius 2 is 1.84 bits per heavy atom. The predicted octanol–water partition coefficient (Wildman–Crippen LogP) is 2.99. The maximum Gasteiger partial charge on any atom is 0.257 e. The molecule has 3 rings (SSSR count). The van der Waals surface area contributed by atoms with Crippen LogP contribution >= 0.6 is 0 Å². The van der Waals surface area contributed by atoms with Crippen LogP contribution in [0.15, 0.2) is 15.0 Å². The third-order valence-corrected chi connectivity index (χ3v) is 4.81. The number of hydrogen-bond donors (Lipinski definition) is 1. The SMILES string of the molecule is Cc1cc(NC(=O)C2CCN(C(=O)c3c(C)oc(C)c3C)CC2)no1. The molecule has 7 heteroatoms. The summed E-state index contributed by atoms with van der Waals surface area (Å²) in [5.41, 5.74) is 1.54. The molecule has 7 nitrogen and oxygen atoms in total. The van der Waals surface area contributed by atoms with Gasteiger partial charge in [0.1, 0.15) is 17.3 Å². The highest BCUT2D eigenvalue weighted by atomic mass is 16.5. The lowest BCUT2D eigenvalue weighted by Gasteiger charge is -2.31. The molecule has 1 fully saturated rings. The number of amides is 2. The zero-order chi connectivity index (χ0) is 18.1. The van der Waals surface area contributed by atoms with Crippen molar-refractivity contribution < 1.29 is 18.5 Å². The lowest BCUT2D eigenvalue weighted by atomic mass is 9.95. The molecule has 25 heavy (non-hydrogen) atoms. The smallest absolute Gasteiger partial charge is 0.257 e. The molecule has 2 aromatic rings. The maximum atomic E-state index is 12.8. The summed E-state index contributed by atoms with van der Waals surface area (Å²) >= 11 is 0. The summed E-state index contributed by atoms with van der Waals surface area (Å²) in [5, 5.41) is 6.54. The van der Waals surface area contributed by atoms with E-state index in [-0.39, 0.29) is 17.7 Å². The minimum absolute atomic E-state index is 0.0159. The number of hydrogen-bond acceptors (Lipinski definition) is 5. The van der Waals surface area contributed by atoms with Crippen molar-refractivity contribution in [2.75, 3.05) is 18.4 Å². The molecule has 2 amide bonds. The molecule has 0 radical (unpaired) electrons. The first-order valence-corrected chi connectivity index (χ1v) is 8.47. The fraction of sp³-hybridized carbons (Fsp3) is 0.500. The first kappa shape index (κ1) is 17.3. The molecule has 0 bridgehead atoms. The van der Waals surface area contributed by atoms with Gasteiger partial charge in [0.15, 0.2) is 5.82 Å². The molecular weight excluding hydrogens is 322 g/mol. The fourth-order valence-corrected chi connectivity index (χ4v) is 3.26. The molecule has 0 atom stereocenters. The Kier molecular flexibility index (Phi) is 4.65. The van der Waals surface area contributed by atoms with E-state index >= 15 is 0 Å². The van der Waals surface area contributed by atoms with Gasteiger partial charge in [0, 0.05) is 30.6 Å². The molecular formula is C18H23N3O4. The Morgan fingerprint density at radius 3 is 2.36 bits per heavy atom. The van der Waals surface area contributed by atoms with Gasteiger partial charge in [-0.1, -0.05) is 5.16 Å². The summed E-state index contributed by atoms with van der Waals surface area (Å²) in [7, 11) is 0. The molecule has 0 saturated carbocycles. The van der Waals surface area contributed by atoms with Gasteiger partial charge in [0.2, 0.25) is 5.91 Å². The fourth-order valence-electron chi connectivity index (χ4n) is 3.26. The van der Waals surface area contributed by atoms with Gasteiger partial charge >= 0.3 is 0 Å². The number of aryl methyl sites for hydroxylation is 3. The number of anilines is 1. The summed E-state index contributed by atoms with van der Waals surface area (Å²) < 4.78 is 10.5. The van der Waals surface area contributed by atoms with Gasteiger partial charge in [-0.3, -0.25) is 9.59 Å². The van der Waals surface area contributed by atoms with E-state index in [1.165, 1.54) is 0 Å². The van der Waals surface area contributed by atoms with Crippen LogP contribution in [0.25, 0.3) is 0 Å². The number of piperidine rings is 1. The molecule has 1 aliphatic heterocycles. The predicted molar refractivity (Wildman–Crippen MR) is 91.4 cm³/mol. The van der Waals surface area contributed by atoms with E-state index in [9.17, 15) is 9.59 Å². The monoisotopic (exact) mass is 345 g/mol. The summed E-state index contributed by atoms with van der Waals surface area (Å²) in [6.45, 7) is 8.46. The molecule has 134 valence electrons. The second kappa shape index (κ2) is 6.74. The van der Waals surface area contributed by atoms with Crippen LogP contribution in [-0.4, -0.2) is 35.0 Å². The molecule has 1 aliphatic rings. The molecule has 3 heterocycles. The van der Waals surface area contributed by atoms with Gasteiger partial charge in [-0.15, -0.1) is 0 Å². The summed E-state index contributed by atoms with van der Waals surface area (Å²) in [6.07, 6.45) is 1.26. The van der Waals surface area contributed by atoms with Crippen LogP contribution in [0.1, 0.15) is 46.0 Å². The number of aromatic nitrogens is 1. The first-order valence-electron chi connectivity index (χ1n) is 8.47. The van der Waals surface area contributed by atoms with E-state index in [2.05, 4.69) is 10.5 Å². The molecule has 1 N–H and O–H groups in total. The normalized spacial score (nSPS) is 15.4.